The van der Waals surface area contributed by atoms with Crippen LogP contribution in [0, 0.1) is 0 Å². The van der Waals surface area contributed by atoms with Crippen molar-refractivity contribution in [1.29, 1.82) is 0 Å². The van der Waals surface area contributed by atoms with Gasteiger partial charge in [-0.05, 0) is 47.6 Å². The Morgan fingerprint density at radius 3 is 2.31 bits per heavy atom. The van der Waals surface area contributed by atoms with E-state index in [2.05, 4.69) is 55.1 Å². The van der Waals surface area contributed by atoms with Crippen LogP contribution < -0.4 is 9.47 Å². The molecule has 0 bridgehead atoms. The Kier molecular flexibility index (Phi) is 7.91. The molecule has 3 rings (SSSR count). The lowest BCUT2D eigenvalue weighted by atomic mass is 9.97. The van der Waals surface area contributed by atoms with E-state index in [1.807, 2.05) is 24.3 Å². The number of rotatable bonds is 11. The number of benzene rings is 3. The summed E-state index contributed by atoms with van der Waals surface area (Å²) in [5.41, 5.74) is 2.35. The molecule has 4 heteroatoms. The van der Waals surface area contributed by atoms with E-state index < -0.39 is 0 Å². The summed E-state index contributed by atoms with van der Waals surface area (Å²) in [6.45, 7) is 8.37. The second-order valence-electron chi connectivity index (χ2n) is 7.03. The highest BCUT2D eigenvalue weighted by atomic mass is 16.5. The maximum Gasteiger partial charge on any atom is 0.123 e. The summed E-state index contributed by atoms with van der Waals surface area (Å²) in [6.07, 6.45) is 0.766. The first kappa shape index (κ1) is 21.2. The van der Waals surface area contributed by atoms with Crippen LogP contribution in [0.3, 0.4) is 0 Å². The molecule has 0 heterocycles. The summed E-state index contributed by atoms with van der Waals surface area (Å²) in [5, 5.41) is 11.5. The van der Waals surface area contributed by atoms with Crippen LogP contribution in [-0.2, 0) is 6.42 Å². The zero-order chi connectivity index (χ0) is 20.5. The minimum Gasteiger partial charge on any atom is -0.492 e. The molecule has 29 heavy (non-hydrogen) atoms. The van der Waals surface area contributed by atoms with Crippen LogP contribution in [0.25, 0.3) is 10.8 Å². The van der Waals surface area contributed by atoms with Crippen LogP contribution in [0.1, 0.15) is 25.0 Å². The average molecular weight is 394 g/mol. The van der Waals surface area contributed by atoms with Crippen LogP contribution in [0.5, 0.6) is 11.5 Å². The summed E-state index contributed by atoms with van der Waals surface area (Å²) < 4.78 is 11.7. The standard InChI is InChI=1S/C25H31NO3/c1-3-26(4-2)15-17-28-22-12-9-20(10-13-22)19-24-23-8-6-5-7-21(23)11-14-25(24)29-18-16-27/h5-14,27H,3-4,15-19H2,1-2H3. The molecule has 0 aliphatic carbocycles. The highest BCUT2D eigenvalue weighted by molar-refractivity contribution is 5.88. The van der Waals surface area contributed by atoms with Gasteiger partial charge in [0.25, 0.3) is 0 Å². The van der Waals surface area contributed by atoms with Gasteiger partial charge in [0.05, 0.1) is 6.61 Å². The fourth-order valence-electron chi connectivity index (χ4n) is 3.53. The third kappa shape index (κ3) is 5.72. The van der Waals surface area contributed by atoms with Crippen LogP contribution in [0.2, 0.25) is 0 Å². The molecule has 0 aliphatic heterocycles. The Labute approximate surface area is 173 Å². The molecular formula is C25H31NO3. The van der Waals surface area contributed by atoms with Gasteiger partial charge in [0.2, 0.25) is 0 Å². The summed E-state index contributed by atoms with van der Waals surface area (Å²) >= 11 is 0. The largest absolute Gasteiger partial charge is 0.492 e. The van der Waals surface area contributed by atoms with E-state index in [0.29, 0.717) is 13.2 Å². The first-order valence-corrected chi connectivity index (χ1v) is 10.4. The number of hydrogen-bond donors (Lipinski definition) is 1. The summed E-state index contributed by atoms with van der Waals surface area (Å²) in [7, 11) is 0. The first-order chi connectivity index (χ1) is 14.2. The zero-order valence-electron chi connectivity index (χ0n) is 17.4. The van der Waals surface area contributed by atoms with Crippen LogP contribution >= 0.6 is 0 Å². The predicted octanol–water partition coefficient (Wildman–Crippen LogP) is 4.52. The quantitative estimate of drug-likeness (QED) is 0.520. The molecule has 0 saturated heterocycles. The predicted molar refractivity (Wildman–Crippen MR) is 119 cm³/mol. The molecule has 0 spiro atoms. The maximum absolute atomic E-state index is 9.15. The van der Waals surface area contributed by atoms with Crippen molar-refractivity contribution >= 4 is 10.8 Å². The lowest BCUT2D eigenvalue weighted by molar-refractivity contribution is 0.200. The molecule has 0 amide bonds. The Morgan fingerprint density at radius 1 is 0.828 bits per heavy atom. The molecule has 3 aromatic carbocycles. The molecule has 0 atom stereocenters. The van der Waals surface area contributed by atoms with Gasteiger partial charge in [-0.25, -0.2) is 0 Å². The van der Waals surface area contributed by atoms with E-state index in [0.717, 1.165) is 43.1 Å². The van der Waals surface area contributed by atoms with Crippen molar-refractivity contribution in [3.8, 4) is 11.5 Å². The number of aliphatic hydroxyl groups excluding tert-OH is 1. The minimum absolute atomic E-state index is 0.00575. The molecule has 4 nitrogen and oxygen atoms in total. The topological polar surface area (TPSA) is 41.9 Å². The Hall–Kier alpha value is -2.56. The van der Waals surface area contributed by atoms with Crippen molar-refractivity contribution in [2.45, 2.75) is 20.3 Å². The van der Waals surface area contributed by atoms with E-state index >= 15 is 0 Å². The molecule has 0 radical (unpaired) electrons. The van der Waals surface area contributed by atoms with Gasteiger partial charge >= 0.3 is 0 Å². The van der Waals surface area contributed by atoms with Gasteiger partial charge in [0.15, 0.2) is 0 Å². The maximum atomic E-state index is 9.15. The molecule has 0 aliphatic rings. The Morgan fingerprint density at radius 2 is 1.59 bits per heavy atom. The Balaban J connectivity index is 1.73. The lowest BCUT2D eigenvalue weighted by Gasteiger charge is -2.18. The molecule has 3 aromatic rings. The fraction of sp³-hybridized carbons (Fsp3) is 0.360. The van der Waals surface area contributed by atoms with Gasteiger partial charge in [0.1, 0.15) is 24.7 Å². The number of ether oxygens (including phenoxy) is 2. The summed E-state index contributed by atoms with van der Waals surface area (Å²) in [6, 6.07) is 20.7. The number of nitrogens with zero attached hydrogens (tertiary/aromatic N) is 1. The third-order valence-corrected chi connectivity index (χ3v) is 5.22. The monoisotopic (exact) mass is 393 g/mol. The van der Waals surface area contributed by atoms with Gasteiger partial charge in [-0.1, -0.05) is 56.3 Å². The number of hydrogen-bond acceptors (Lipinski definition) is 4. The molecular weight excluding hydrogens is 362 g/mol. The lowest BCUT2D eigenvalue weighted by Crippen LogP contribution is -2.27. The molecule has 0 unspecified atom stereocenters. The molecule has 0 aromatic heterocycles. The first-order valence-electron chi connectivity index (χ1n) is 10.4. The second kappa shape index (κ2) is 10.8. The van der Waals surface area contributed by atoms with E-state index in [1.165, 1.54) is 16.3 Å². The highest BCUT2D eigenvalue weighted by Crippen LogP contribution is 2.30. The number of aliphatic hydroxyl groups is 1. The van der Waals surface area contributed by atoms with E-state index in [1.54, 1.807) is 0 Å². The van der Waals surface area contributed by atoms with Crippen LogP contribution in [0.15, 0.2) is 60.7 Å². The molecule has 1 N–H and O–H groups in total. The normalized spacial score (nSPS) is 11.2. The van der Waals surface area contributed by atoms with Crippen molar-refractivity contribution < 1.29 is 14.6 Å². The number of fused-ring (bicyclic) bond motifs is 1. The van der Waals surface area contributed by atoms with E-state index in [-0.39, 0.29) is 6.61 Å². The van der Waals surface area contributed by atoms with Gasteiger partial charge in [-0.3, -0.25) is 0 Å². The van der Waals surface area contributed by atoms with Gasteiger partial charge in [0, 0.05) is 18.5 Å². The number of likely N-dealkylation sites (N-methyl/N-ethyl adjacent to an activating group) is 1. The van der Waals surface area contributed by atoms with Crippen molar-refractivity contribution in [3.05, 3.63) is 71.8 Å². The van der Waals surface area contributed by atoms with Crippen molar-refractivity contribution in [2.75, 3.05) is 39.5 Å². The van der Waals surface area contributed by atoms with Crippen molar-refractivity contribution in [3.63, 3.8) is 0 Å². The average Bonchev–Trinajstić information content (AvgIpc) is 2.77. The second-order valence-corrected chi connectivity index (χ2v) is 7.03. The van der Waals surface area contributed by atoms with Crippen molar-refractivity contribution in [2.24, 2.45) is 0 Å². The van der Waals surface area contributed by atoms with Crippen molar-refractivity contribution in [1.82, 2.24) is 4.90 Å². The Bertz CT molecular complexity index is 888. The van der Waals surface area contributed by atoms with Gasteiger partial charge in [-0.15, -0.1) is 0 Å². The highest BCUT2D eigenvalue weighted by Gasteiger charge is 2.10. The molecule has 154 valence electrons. The zero-order valence-corrected chi connectivity index (χ0v) is 17.4. The molecule has 0 saturated carbocycles. The summed E-state index contributed by atoms with van der Waals surface area (Å²) in [4.78, 5) is 2.35. The minimum atomic E-state index is 0.00575. The van der Waals surface area contributed by atoms with E-state index in [4.69, 9.17) is 14.6 Å². The smallest absolute Gasteiger partial charge is 0.123 e. The van der Waals surface area contributed by atoms with Gasteiger partial charge in [-0.2, -0.15) is 0 Å². The van der Waals surface area contributed by atoms with Crippen LogP contribution in [0.4, 0.5) is 0 Å². The SMILES string of the molecule is CCN(CC)CCOc1ccc(Cc2c(OCCO)ccc3ccccc23)cc1. The third-order valence-electron chi connectivity index (χ3n) is 5.22. The fourth-order valence-corrected chi connectivity index (χ4v) is 3.53. The van der Waals surface area contributed by atoms with Gasteiger partial charge < -0.3 is 19.5 Å². The van der Waals surface area contributed by atoms with E-state index in [9.17, 15) is 0 Å². The van der Waals surface area contributed by atoms with Crippen LogP contribution in [-0.4, -0.2) is 49.5 Å². The molecule has 0 fully saturated rings. The summed E-state index contributed by atoms with van der Waals surface area (Å²) in [5.74, 6) is 1.73.